The van der Waals surface area contributed by atoms with E-state index in [0.29, 0.717) is 5.41 Å². The Morgan fingerprint density at radius 2 is 2.00 bits per heavy atom. The first-order chi connectivity index (χ1) is 4.18. The van der Waals surface area contributed by atoms with Crippen molar-refractivity contribution >= 4 is 0 Å². The maximum atomic E-state index is 8.13. The Morgan fingerprint density at radius 3 is 2.33 bits per heavy atom. The zero-order valence-corrected chi connectivity index (χ0v) is 5.46. The van der Waals surface area contributed by atoms with E-state index < -0.39 is 0 Å². The summed E-state index contributed by atoms with van der Waals surface area (Å²) < 4.78 is 0. The first-order valence-electron chi connectivity index (χ1n) is 3.24. The van der Waals surface area contributed by atoms with Crippen molar-refractivity contribution in [3.63, 3.8) is 0 Å². The molecule has 3 aliphatic rings. The predicted molar refractivity (Wildman–Crippen MR) is 33.8 cm³/mol. The van der Waals surface area contributed by atoms with E-state index in [2.05, 4.69) is 16.9 Å². The molecule has 0 atom stereocenters. The topological polar surface area (TPSA) is 48.8 Å². The molecule has 0 aromatic carbocycles. The monoisotopic (exact) mass is 123 g/mol. The first kappa shape index (κ1) is 5.12. The van der Waals surface area contributed by atoms with Gasteiger partial charge in [0.1, 0.15) is 0 Å². The normalized spacial score (nSPS) is 52.6. The molecule has 0 radical (unpaired) electrons. The fourth-order valence-corrected chi connectivity index (χ4v) is 2.43. The Balaban J connectivity index is 2.12. The third-order valence-corrected chi connectivity index (χ3v) is 2.52. The molecule has 9 heavy (non-hydrogen) atoms. The summed E-state index contributed by atoms with van der Waals surface area (Å²) in [7, 11) is 0. The van der Waals surface area contributed by atoms with Crippen LogP contribution in [0.15, 0.2) is 5.11 Å². The first-order valence-corrected chi connectivity index (χ1v) is 3.24. The van der Waals surface area contributed by atoms with Crippen molar-refractivity contribution in [1.82, 2.24) is 0 Å². The molecule has 0 unspecified atom stereocenters. The maximum absolute atomic E-state index is 8.13. The van der Waals surface area contributed by atoms with Gasteiger partial charge in [-0.15, -0.1) is 0 Å². The summed E-state index contributed by atoms with van der Waals surface area (Å²) in [6.45, 7) is 2.25. The Bertz CT molecular complexity index is 183. The third-order valence-electron chi connectivity index (χ3n) is 2.52. The quantitative estimate of drug-likeness (QED) is 0.291. The van der Waals surface area contributed by atoms with Gasteiger partial charge in [0.25, 0.3) is 0 Å². The number of nitrogens with zero attached hydrogens (tertiary/aromatic N) is 3. The SMILES string of the molecule is CC12CC(N=[N+]=[N-])(C1)C2. The largest absolute Gasteiger partial charge is 0.0872 e. The highest BCUT2D eigenvalue weighted by Crippen LogP contribution is 2.68. The van der Waals surface area contributed by atoms with Gasteiger partial charge in [0.2, 0.25) is 0 Å². The van der Waals surface area contributed by atoms with Crippen LogP contribution >= 0.6 is 0 Å². The zero-order chi connectivity index (χ0) is 6.54. The van der Waals surface area contributed by atoms with Crippen LogP contribution in [0.5, 0.6) is 0 Å². The highest BCUT2D eigenvalue weighted by atomic mass is 15.2. The standard InChI is InChI=1S/C6H9N3/c1-5-2-6(3-5,4-5)8-9-7/h2-4H2,1H3. The van der Waals surface area contributed by atoms with Gasteiger partial charge in [-0.05, 0) is 30.2 Å². The van der Waals surface area contributed by atoms with E-state index in [9.17, 15) is 0 Å². The van der Waals surface area contributed by atoms with Crippen molar-refractivity contribution < 1.29 is 0 Å². The van der Waals surface area contributed by atoms with Crippen molar-refractivity contribution in [2.75, 3.05) is 0 Å². The maximum Gasteiger partial charge on any atom is 0.0503 e. The van der Waals surface area contributed by atoms with E-state index in [1.54, 1.807) is 0 Å². The van der Waals surface area contributed by atoms with E-state index in [1.165, 1.54) is 0 Å². The second-order valence-electron chi connectivity index (χ2n) is 3.75. The molecule has 0 aliphatic heterocycles. The molecule has 0 aromatic heterocycles. The molecule has 3 aliphatic carbocycles. The summed E-state index contributed by atoms with van der Waals surface area (Å²) in [5, 5.41) is 3.75. The van der Waals surface area contributed by atoms with Crippen molar-refractivity contribution in [1.29, 1.82) is 0 Å². The Morgan fingerprint density at radius 1 is 1.44 bits per heavy atom. The number of hydrogen-bond donors (Lipinski definition) is 0. The van der Waals surface area contributed by atoms with Crippen LogP contribution < -0.4 is 0 Å². The van der Waals surface area contributed by atoms with Gasteiger partial charge >= 0.3 is 0 Å². The average Bonchev–Trinajstić information content (AvgIpc) is 1.60. The molecule has 2 bridgehead atoms. The summed E-state index contributed by atoms with van der Waals surface area (Å²) >= 11 is 0. The van der Waals surface area contributed by atoms with Gasteiger partial charge in [-0.25, -0.2) is 0 Å². The summed E-state index contributed by atoms with van der Waals surface area (Å²) in [5.41, 5.74) is 8.78. The highest BCUT2D eigenvalue weighted by molar-refractivity contribution is 5.21. The molecule has 3 heteroatoms. The molecule has 3 saturated carbocycles. The van der Waals surface area contributed by atoms with Gasteiger partial charge in [-0.3, -0.25) is 0 Å². The average molecular weight is 123 g/mol. The van der Waals surface area contributed by atoms with Gasteiger partial charge in [0.15, 0.2) is 0 Å². The Hall–Kier alpha value is -0.690. The molecule has 3 fully saturated rings. The minimum absolute atomic E-state index is 0.0868. The van der Waals surface area contributed by atoms with E-state index in [4.69, 9.17) is 5.53 Å². The van der Waals surface area contributed by atoms with Crippen LogP contribution in [-0.2, 0) is 0 Å². The molecular formula is C6H9N3. The third kappa shape index (κ3) is 0.454. The Labute approximate surface area is 53.7 Å². The van der Waals surface area contributed by atoms with Gasteiger partial charge in [-0.2, -0.15) is 0 Å². The lowest BCUT2D eigenvalue weighted by molar-refractivity contribution is -0.114. The highest BCUT2D eigenvalue weighted by Gasteiger charge is 2.64. The van der Waals surface area contributed by atoms with Crippen molar-refractivity contribution in [2.24, 2.45) is 10.5 Å². The number of hydrogen-bond acceptors (Lipinski definition) is 1. The second-order valence-corrected chi connectivity index (χ2v) is 3.75. The number of rotatable bonds is 1. The predicted octanol–water partition coefficient (Wildman–Crippen LogP) is 2.24. The lowest BCUT2D eigenvalue weighted by atomic mass is 9.41. The minimum atomic E-state index is 0.0868. The molecule has 0 amide bonds. The van der Waals surface area contributed by atoms with Gasteiger partial charge in [-0.1, -0.05) is 12.0 Å². The van der Waals surface area contributed by atoms with E-state index >= 15 is 0 Å². The van der Waals surface area contributed by atoms with Crippen molar-refractivity contribution in [3.8, 4) is 0 Å². The van der Waals surface area contributed by atoms with Crippen LogP contribution in [0.4, 0.5) is 0 Å². The zero-order valence-electron chi connectivity index (χ0n) is 5.46. The molecule has 0 N–H and O–H groups in total. The lowest BCUT2D eigenvalue weighted by Gasteiger charge is -2.67. The van der Waals surface area contributed by atoms with Crippen LogP contribution in [0.3, 0.4) is 0 Å². The smallest absolute Gasteiger partial charge is 0.0503 e. The van der Waals surface area contributed by atoms with E-state index in [1.807, 2.05) is 0 Å². The fraction of sp³-hybridized carbons (Fsp3) is 1.00. The molecule has 0 saturated heterocycles. The minimum Gasteiger partial charge on any atom is -0.0872 e. The van der Waals surface area contributed by atoms with Crippen molar-refractivity contribution in [3.05, 3.63) is 10.4 Å². The molecule has 0 spiro atoms. The van der Waals surface area contributed by atoms with Crippen LogP contribution in [0.1, 0.15) is 26.2 Å². The van der Waals surface area contributed by atoms with Gasteiger partial charge < -0.3 is 0 Å². The molecule has 0 heterocycles. The second kappa shape index (κ2) is 1.09. The summed E-state index contributed by atoms with van der Waals surface area (Å²) in [6.07, 6.45) is 3.39. The van der Waals surface area contributed by atoms with E-state index in [-0.39, 0.29) is 5.54 Å². The summed E-state index contributed by atoms with van der Waals surface area (Å²) in [5.74, 6) is 0. The Kier molecular flexibility index (Phi) is 0.623. The molecule has 3 rings (SSSR count). The molecule has 3 nitrogen and oxygen atoms in total. The number of azide groups is 1. The summed E-state index contributed by atoms with van der Waals surface area (Å²) in [4.78, 5) is 2.82. The summed E-state index contributed by atoms with van der Waals surface area (Å²) in [6, 6.07) is 0. The van der Waals surface area contributed by atoms with Crippen LogP contribution in [0.2, 0.25) is 0 Å². The van der Waals surface area contributed by atoms with Crippen LogP contribution in [-0.4, -0.2) is 5.54 Å². The molecule has 0 aromatic rings. The van der Waals surface area contributed by atoms with E-state index in [0.717, 1.165) is 19.3 Å². The lowest BCUT2D eigenvalue weighted by Crippen LogP contribution is -2.63. The molecule has 48 valence electrons. The molecular weight excluding hydrogens is 114 g/mol. The van der Waals surface area contributed by atoms with Gasteiger partial charge in [0, 0.05) is 4.91 Å². The van der Waals surface area contributed by atoms with Crippen LogP contribution in [0, 0.1) is 5.41 Å². The fourth-order valence-electron chi connectivity index (χ4n) is 2.43. The van der Waals surface area contributed by atoms with Crippen molar-refractivity contribution in [2.45, 2.75) is 31.7 Å². The van der Waals surface area contributed by atoms with Crippen LogP contribution in [0.25, 0.3) is 10.4 Å². The van der Waals surface area contributed by atoms with Gasteiger partial charge in [0.05, 0.1) is 5.54 Å².